The monoisotopic (exact) mass is 336 g/mol. The van der Waals surface area contributed by atoms with Gasteiger partial charge >= 0.3 is 11.7 Å². The van der Waals surface area contributed by atoms with E-state index in [-0.39, 0.29) is 24.5 Å². The van der Waals surface area contributed by atoms with Gasteiger partial charge in [-0.05, 0) is 6.92 Å². The third-order valence-electron chi connectivity index (χ3n) is 3.64. The van der Waals surface area contributed by atoms with E-state index < -0.39 is 35.7 Å². The number of aromatic nitrogens is 2. The Hall–Kier alpha value is -2.37. The molecule has 3 atom stereocenters. The van der Waals surface area contributed by atoms with Gasteiger partial charge in [0.05, 0.1) is 12.5 Å². The van der Waals surface area contributed by atoms with Crippen molar-refractivity contribution in [1.29, 1.82) is 0 Å². The molecule has 1 aromatic rings. The van der Waals surface area contributed by atoms with E-state index in [0.717, 1.165) is 0 Å². The number of hydrogen-bond acceptors (Lipinski definition) is 6. The number of aliphatic hydroxyl groups excluding tert-OH is 1. The standard InChI is InChI=1S/C16H20N2O6/c1-4-5-10-7-18(16(22)17-14(10)20)13-6-11(12(8-19)23-13)24-15(21)9(2)3/h7,9,11-13,19H,6,8H2,1-3H3,(H,17,20,22)/t11?,12-,13-/m0/s1. The highest BCUT2D eigenvalue weighted by atomic mass is 16.6. The predicted molar refractivity (Wildman–Crippen MR) is 84.2 cm³/mol. The van der Waals surface area contributed by atoms with E-state index in [0.29, 0.717) is 0 Å². The number of aromatic amines is 1. The lowest BCUT2D eigenvalue weighted by molar-refractivity contribution is -0.156. The molecule has 1 aromatic heterocycles. The summed E-state index contributed by atoms with van der Waals surface area (Å²) in [6.07, 6.45) is -0.682. The number of nitrogens with zero attached hydrogens (tertiary/aromatic N) is 1. The molecule has 0 amide bonds. The van der Waals surface area contributed by atoms with Crippen LogP contribution in [0.5, 0.6) is 0 Å². The Morgan fingerprint density at radius 2 is 2.25 bits per heavy atom. The van der Waals surface area contributed by atoms with Crippen LogP contribution < -0.4 is 11.2 Å². The summed E-state index contributed by atoms with van der Waals surface area (Å²) in [5.74, 6) is 4.48. The molecule has 2 rings (SSSR count). The summed E-state index contributed by atoms with van der Waals surface area (Å²) in [5.41, 5.74) is -1.10. The first-order chi connectivity index (χ1) is 11.4. The van der Waals surface area contributed by atoms with Gasteiger partial charge in [0.2, 0.25) is 0 Å². The summed E-state index contributed by atoms with van der Waals surface area (Å²) >= 11 is 0. The van der Waals surface area contributed by atoms with E-state index in [1.54, 1.807) is 20.8 Å². The second-order valence-corrected chi connectivity index (χ2v) is 5.76. The number of carbonyl (C=O) groups excluding carboxylic acids is 1. The minimum atomic E-state index is -0.770. The van der Waals surface area contributed by atoms with Crippen molar-refractivity contribution < 1.29 is 19.4 Å². The van der Waals surface area contributed by atoms with Crippen LogP contribution in [0.2, 0.25) is 0 Å². The van der Waals surface area contributed by atoms with Crippen molar-refractivity contribution in [3.05, 3.63) is 32.6 Å². The van der Waals surface area contributed by atoms with Gasteiger partial charge in [0.25, 0.3) is 5.56 Å². The predicted octanol–water partition coefficient (Wildman–Crippen LogP) is -0.244. The van der Waals surface area contributed by atoms with Gasteiger partial charge in [-0.1, -0.05) is 19.8 Å². The van der Waals surface area contributed by atoms with Gasteiger partial charge in [-0.2, -0.15) is 0 Å². The number of H-pyrrole nitrogens is 1. The largest absolute Gasteiger partial charge is 0.459 e. The molecule has 0 aliphatic carbocycles. The zero-order valence-electron chi connectivity index (χ0n) is 13.7. The zero-order chi connectivity index (χ0) is 17.9. The first-order valence-electron chi connectivity index (χ1n) is 7.62. The minimum Gasteiger partial charge on any atom is -0.459 e. The highest BCUT2D eigenvalue weighted by Gasteiger charge is 2.39. The van der Waals surface area contributed by atoms with Gasteiger partial charge in [0.1, 0.15) is 24.0 Å². The van der Waals surface area contributed by atoms with Crippen molar-refractivity contribution in [2.24, 2.45) is 5.92 Å². The van der Waals surface area contributed by atoms with Gasteiger partial charge in [-0.15, -0.1) is 5.92 Å². The minimum absolute atomic E-state index is 0.129. The molecule has 8 heteroatoms. The molecule has 1 saturated heterocycles. The molecule has 24 heavy (non-hydrogen) atoms. The van der Waals surface area contributed by atoms with E-state index in [2.05, 4.69) is 16.8 Å². The summed E-state index contributed by atoms with van der Waals surface area (Å²) in [5, 5.41) is 9.42. The first-order valence-corrected chi connectivity index (χ1v) is 7.62. The third-order valence-corrected chi connectivity index (χ3v) is 3.64. The third kappa shape index (κ3) is 3.75. The van der Waals surface area contributed by atoms with E-state index in [9.17, 15) is 19.5 Å². The molecule has 2 N–H and O–H groups in total. The fourth-order valence-electron chi connectivity index (χ4n) is 2.37. The molecule has 0 spiro atoms. The first kappa shape index (κ1) is 18.0. The van der Waals surface area contributed by atoms with Gasteiger partial charge < -0.3 is 14.6 Å². The van der Waals surface area contributed by atoms with E-state index in [4.69, 9.17) is 9.47 Å². The van der Waals surface area contributed by atoms with Crippen molar-refractivity contribution in [3.8, 4) is 11.8 Å². The molecular formula is C16H20N2O6. The lowest BCUT2D eigenvalue weighted by atomic mass is 10.1. The highest BCUT2D eigenvalue weighted by molar-refractivity contribution is 5.71. The van der Waals surface area contributed by atoms with Crippen molar-refractivity contribution in [2.45, 2.75) is 45.6 Å². The lowest BCUT2D eigenvalue weighted by Gasteiger charge is -2.17. The van der Waals surface area contributed by atoms with Gasteiger partial charge in [-0.3, -0.25) is 19.1 Å². The average molecular weight is 336 g/mol. The Kier molecular flexibility index (Phi) is 5.59. The van der Waals surface area contributed by atoms with Gasteiger partial charge in [0.15, 0.2) is 0 Å². The highest BCUT2D eigenvalue weighted by Crippen LogP contribution is 2.30. The van der Waals surface area contributed by atoms with Crippen molar-refractivity contribution in [3.63, 3.8) is 0 Å². The average Bonchev–Trinajstić information content (AvgIpc) is 2.92. The van der Waals surface area contributed by atoms with Crippen LogP contribution in [0.4, 0.5) is 0 Å². The maximum Gasteiger partial charge on any atom is 0.330 e. The van der Waals surface area contributed by atoms with Crippen LogP contribution in [0.3, 0.4) is 0 Å². The second-order valence-electron chi connectivity index (χ2n) is 5.76. The number of ether oxygens (including phenoxy) is 2. The second kappa shape index (κ2) is 7.47. The molecule has 1 unspecified atom stereocenters. The van der Waals surface area contributed by atoms with Crippen molar-refractivity contribution >= 4 is 5.97 Å². The Labute approximate surface area is 138 Å². The van der Waals surface area contributed by atoms with Crippen LogP contribution in [0, 0.1) is 17.8 Å². The summed E-state index contributed by atoms with van der Waals surface area (Å²) in [4.78, 5) is 37.6. The SMILES string of the molecule is CC#Cc1cn([C@@H]2CC(OC(=O)C(C)C)[C@H](CO)O2)c(=O)[nH]c1=O. The van der Waals surface area contributed by atoms with Crippen LogP contribution in [-0.4, -0.2) is 39.4 Å². The lowest BCUT2D eigenvalue weighted by Crippen LogP contribution is -2.33. The summed E-state index contributed by atoms with van der Waals surface area (Å²) in [6.45, 7) is 4.62. The van der Waals surface area contributed by atoms with Crippen LogP contribution in [0.25, 0.3) is 0 Å². The zero-order valence-corrected chi connectivity index (χ0v) is 13.7. The fraction of sp³-hybridized carbons (Fsp3) is 0.562. The van der Waals surface area contributed by atoms with Crippen molar-refractivity contribution in [1.82, 2.24) is 9.55 Å². The molecule has 1 aliphatic rings. The molecule has 0 radical (unpaired) electrons. The molecule has 1 fully saturated rings. The fourth-order valence-corrected chi connectivity index (χ4v) is 2.37. The van der Waals surface area contributed by atoms with E-state index in [1.807, 2.05) is 0 Å². The molecular weight excluding hydrogens is 316 g/mol. The van der Waals surface area contributed by atoms with Crippen LogP contribution in [0.15, 0.2) is 15.8 Å². The van der Waals surface area contributed by atoms with E-state index >= 15 is 0 Å². The molecule has 0 saturated carbocycles. The molecule has 0 aromatic carbocycles. The number of rotatable bonds is 4. The van der Waals surface area contributed by atoms with Crippen LogP contribution in [0.1, 0.15) is 39.0 Å². The number of esters is 1. The molecule has 130 valence electrons. The maximum absolute atomic E-state index is 12.0. The van der Waals surface area contributed by atoms with E-state index in [1.165, 1.54) is 10.8 Å². The Morgan fingerprint density at radius 3 is 2.83 bits per heavy atom. The summed E-state index contributed by atoms with van der Waals surface area (Å²) < 4.78 is 12.1. The van der Waals surface area contributed by atoms with Crippen molar-refractivity contribution in [2.75, 3.05) is 6.61 Å². The smallest absolute Gasteiger partial charge is 0.330 e. The molecule has 2 heterocycles. The number of hydrogen-bond donors (Lipinski definition) is 2. The maximum atomic E-state index is 12.0. The number of aliphatic hydroxyl groups is 1. The summed E-state index contributed by atoms with van der Waals surface area (Å²) in [6, 6.07) is 0. The van der Waals surface area contributed by atoms with Gasteiger partial charge in [0, 0.05) is 12.6 Å². The van der Waals surface area contributed by atoms with Gasteiger partial charge in [-0.25, -0.2) is 4.79 Å². The molecule has 8 nitrogen and oxygen atoms in total. The topological polar surface area (TPSA) is 111 Å². The molecule has 0 bridgehead atoms. The normalized spacial score (nSPS) is 23.0. The Bertz CT molecular complexity index is 782. The number of nitrogens with one attached hydrogen (secondary N) is 1. The Balaban J connectivity index is 2.29. The van der Waals surface area contributed by atoms with Crippen LogP contribution in [-0.2, 0) is 14.3 Å². The number of carbonyl (C=O) groups is 1. The quantitative estimate of drug-likeness (QED) is 0.580. The summed E-state index contributed by atoms with van der Waals surface area (Å²) in [7, 11) is 0. The Morgan fingerprint density at radius 1 is 1.54 bits per heavy atom. The molecule has 1 aliphatic heterocycles. The van der Waals surface area contributed by atoms with Crippen LogP contribution >= 0.6 is 0 Å².